The van der Waals surface area contributed by atoms with Crippen LogP contribution in [0.15, 0.2) is 42.6 Å². The van der Waals surface area contributed by atoms with E-state index in [2.05, 4.69) is 22.4 Å². The molecular weight excluding hydrogens is 304 g/mol. The van der Waals surface area contributed by atoms with Crippen LogP contribution in [-0.2, 0) is 13.0 Å². The highest BCUT2D eigenvalue weighted by molar-refractivity contribution is 5.95. The van der Waals surface area contributed by atoms with Crippen molar-refractivity contribution in [3.8, 4) is 0 Å². The molecule has 2 heterocycles. The van der Waals surface area contributed by atoms with Crippen molar-refractivity contribution in [3.63, 3.8) is 0 Å². The summed E-state index contributed by atoms with van der Waals surface area (Å²) in [7, 11) is 3.33. The molecule has 124 valence electrons. The van der Waals surface area contributed by atoms with Gasteiger partial charge >= 0.3 is 6.03 Å². The molecule has 0 fully saturated rings. The van der Waals surface area contributed by atoms with E-state index in [4.69, 9.17) is 0 Å². The molecule has 0 saturated heterocycles. The molecule has 3 rings (SSSR count). The summed E-state index contributed by atoms with van der Waals surface area (Å²) in [6.45, 7) is 1.27. The molecule has 1 aliphatic heterocycles. The van der Waals surface area contributed by atoms with Gasteiger partial charge in [0.15, 0.2) is 0 Å². The fraction of sp³-hybridized carbons (Fsp3) is 0.278. The molecule has 0 spiro atoms. The Balaban J connectivity index is 1.70. The number of rotatable bonds is 2. The predicted octanol–water partition coefficient (Wildman–Crippen LogP) is 2.37. The van der Waals surface area contributed by atoms with Crippen LogP contribution in [0.2, 0.25) is 0 Å². The number of hydrogen-bond acceptors (Lipinski definition) is 3. The van der Waals surface area contributed by atoms with Gasteiger partial charge in [0.25, 0.3) is 5.91 Å². The molecule has 0 bridgehead atoms. The molecular formula is C18H20N4O2. The first kappa shape index (κ1) is 16.0. The van der Waals surface area contributed by atoms with Crippen molar-refractivity contribution in [2.45, 2.75) is 13.0 Å². The van der Waals surface area contributed by atoms with Gasteiger partial charge < -0.3 is 15.1 Å². The van der Waals surface area contributed by atoms with E-state index in [1.165, 1.54) is 22.2 Å². The molecule has 1 aromatic carbocycles. The number of pyridine rings is 1. The summed E-state index contributed by atoms with van der Waals surface area (Å²) in [6.07, 6.45) is 2.38. The third-order valence-electron chi connectivity index (χ3n) is 4.05. The lowest BCUT2D eigenvalue weighted by atomic mass is 10.0. The summed E-state index contributed by atoms with van der Waals surface area (Å²) in [5.74, 6) is -0.196. The van der Waals surface area contributed by atoms with Crippen molar-refractivity contribution < 1.29 is 9.59 Å². The van der Waals surface area contributed by atoms with Gasteiger partial charge in [-0.2, -0.15) is 0 Å². The Morgan fingerprint density at radius 1 is 1.17 bits per heavy atom. The number of aromatic nitrogens is 1. The Labute approximate surface area is 141 Å². The summed E-state index contributed by atoms with van der Waals surface area (Å²) in [5, 5.41) is 2.85. The van der Waals surface area contributed by atoms with Gasteiger partial charge in [-0.05, 0) is 29.7 Å². The number of nitrogens with one attached hydrogen (secondary N) is 1. The van der Waals surface area contributed by atoms with Crippen LogP contribution in [0.4, 0.5) is 10.5 Å². The fourth-order valence-corrected chi connectivity index (χ4v) is 2.73. The van der Waals surface area contributed by atoms with Gasteiger partial charge in [-0.1, -0.05) is 24.3 Å². The average molecular weight is 324 g/mol. The first-order valence-corrected chi connectivity index (χ1v) is 7.85. The first-order chi connectivity index (χ1) is 11.5. The van der Waals surface area contributed by atoms with E-state index in [-0.39, 0.29) is 11.9 Å². The molecule has 0 unspecified atom stereocenters. The van der Waals surface area contributed by atoms with E-state index >= 15 is 0 Å². The van der Waals surface area contributed by atoms with Gasteiger partial charge in [0.2, 0.25) is 0 Å². The van der Waals surface area contributed by atoms with Crippen LogP contribution in [0.1, 0.15) is 21.6 Å². The quantitative estimate of drug-likeness (QED) is 0.922. The molecule has 0 saturated carbocycles. The molecule has 1 N–H and O–H groups in total. The van der Waals surface area contributed by atoms with Crippen LogP contribution in [0.25, 0.3) is 0 Å². The first-order valence-electron chi connectivity index (χ1n) is 7.85. The van der Waals surface area contributed by atoms with Gasteiger partial charge in [-0.3, -0.25) is 9.78 Å². The highest BCUT2D eigenvalue weighted by Crippen LogP contribution is 2.19. The topological polar surface area (TPSA) is 65.5 Å². The Morgan fingerprint density at radius 2 is 1.92 bits per heavy atom. The minimum Gasteiger partial charge on any atom is -0.343 e. The molecule has 3 amide bonds. The number of carbonyl (C=O) groups excluding carboxylic acids is 2. The van der Waals surface area contributed by atoms with Gasteiger partial charge in [0.05, 0.1) is 0 Å². The van der Waals surface area contributed by atoms with Crippen LogP contribution >= 0.6 is 0 Å². The van der Waals surface area contributed by atoms with Crippen LogP contribution in [0.5, 0.6) is 0 Å². The highest BCUT2D eigenvalue weighted by atomic mass is 16.2. The van der Waals surface area contributed by atoms with Gasteiger partial charge in [-0.25, -0.2) is 4.79 Å². The zero-order chi connectivity index (χ0) is 17.1. The third-order valence-corrected chi connectivity index (χ3v) is 4.05. The van der Waals surface area contributed by atoms with Crippen molar-refractivity contribution in [3.05, 3.63) is 59.4 Å². The Kier molecular flexibility index (Phi) is 4.46. The highest BCUT2D eigenvalue weighted by Gasteiger charge is 2.20. The minimum absolute atomic E-state index is 0.168. The smallest absolute Gasteiger partial charge is 0.322 e. The van der Waals surface area contributed by atoms with Crippen LogP contribution in [0.3, 0.4) is 0 Å². The zero-order valence-electron chi connectivity index (χ0n) is 13.8. The lowest BCUT2D eigenvalue weighted by Crippen LogP contribution is -2.38. The number of amides is 3. The molecule has 1 aromatic heterocycles. The van der Waals surface area contributed by atoms with Crippen molar-refractivity contribution in [2.24, 2.45) is 0 Å². The standard InChI is InChI=1S/C18H20N4O2/c1-21(2)17(23)16-11-15(7-9-19-16)20-18(24)22-10-8-13-5-3-4-6-14(13)12-22/h3-7,9,11H,8,10,12H2,1-2H3,(H,19,20,24). The summed E-state index contributed by atoms with van der Waals surface area (Å²) in [5.41, 5.74) is 3.35. The normalized spacial score (nSPS) is 13.2. The average Bonchev–Trinajstić information content (AvgIpc) is 2.60. The summed E-state index contributed by atoms with van der Waals surface area (Å²) < 4.78 is 0. The van der Waals surface area contributed by atoms with E-state index in [1.807, 2.05) is 12.1 Å². The molecule has 0 atom stereocenters. The number of benzene rings is 1. The lowest BCUT2D eigenvalue weighted by Gasteiger charge is -2.29. The molecule has 1 aliphatic rings. The van der Waals surface area contributed by atoms with Gasteiger partial charge in [0, 0.05) is 39.1 Å². The number of fused-ring (bicyclic) bond motifs is 1. The minimum atomic E-state index is -0.196. The summed E-state index contributed by atoms with van der Waals surface area (Å²) in [6, 6.07) is 11.3. The maximum absolute atomic E-state index is 12.5. The number of carbonyl (C=O) groups is 2. The largest absolute Gasteiger partial charge is 0.343 e. The summed E-state index contributed by atoms with van der Waals surface area (Å²) >= 11 is 0. The fourth-order valence-electron chi connectivity index (χ4n) is 2.73. The predicted molar refractivity (Wildman–Crippen MR) is 91.8 cm³/mol. The van der Waals surface area contributed by atoms with E-state index in [0.29, 0.717) is 24.5 Å². The van der Waals surface area contributed by atoms with Crippen LogP contribution < -0.4 is 5.32 Å². The lowest BCUT2D eigenvalue weighted by molar-refractivity contribution is 0.0822. The Hall–Kier alpha value is -2.89. The number of hydrogen-bond donors (Lipinski definition) is 1. The van der Waals surface area contributed by atoms with Crippen LogP contribution in [-0.4, -0.2) is 47.4 Å². The molecule has 6 heteroatoms. The molecule has 24 heavy (non-hydrogen) atoms. The maximum Gasteiger partial charge on any atom is 0.322 e. The second-order valence-corrected chi connectivity index (χ2v) is 6.00. The van der Waals surface area contributed by atoms with E-state index in [9.17, 15) is 9.59 Å². The van der Waals surface area contributed by atoms with Crippen molar-refractivity contribution >= 4 is 17.6 Å². The molecule has 0 aliphatic carbocycles. The Morgan fingerprint density at radius 3 is 2.67 bits per heavy atom. The number of anilines is 1. The van der Waals surface area contributed by atoms with Gasteiger partial charge in [0.1, 0.15) is 5.69 Å². The summed E-state index contributed by atoms with van der Waals surface area (Å²) in [4.78, 5) is 31.7. The molecule has 0 radical (unpaired) electrons. The van der Waals surface area contributed by atoms with E-state index < -0.39 is 0 Å². The van der Waals surface area contributed by atoms with Crippen molar-refractivity contribution in [1.82, 2.24) is 14.8 Å². The van der Waals surface area contributed by atoms with E-state index in [1.54, 1.807) is 31.1 Å². The molecule has 6 nitrogen and oxygen atoms in total. The van der Waals surface area contributed by atoms with Crippen molar-refractivity contribution in [1.29, 1.82) is 0 Å². The zero-order valence-corrected chi connectivity index (χ0v) is 13.8. The Bertz CT molecular complexity index is 773. The number of nitrogens with zero attached hydrogens (tertiary/aromatic N) is 3. The SMILES string of the molecule is CN(C)C(=O)c1cc(NC(=O)N2CCc3ccccc3C2)ccn1. The monoisotopic (exact) mass is 324 g/mol. The maximum atomic E-state index is 12.5. The van der Waals surface area contributed by atoms with Crippen LogP contribution in [0, 0.1) is 0 Å². The van der Waals surface area contributed by atoms with E-state index in [0.717, 1.165) is 6.42 Å². The third kappa shape index (κ3) is 3.37. The number of urea groups is 1. The molecule has 2 aromatic rings. The second-order valence-electron chi connectivity index (χ2n) is 6.00. The van der Waals surface area contributed by atoms with Crippen molar-refractivity contribution in [2.75, 3.05) is 26.0 Å². The second kappa shape index (κ2) is 6.70. The van der Waals surface area contributed by atoms with Gasteiger partial charge in [-0.15, -0.1) is 0 Å².